The van der Waals surface area contributed by atoms with E-state index in [9.17, 15) is 45.5 Å². The fraction of sp³-hybridized carbons (Fsp3) is 0.333. The number of nitrogens with zero attached hydrogens (tertiary/aromatic N) is 6. The maximum Gasteiger partial charge on any atom is 0.471 e. The monoisotopic (exact) mass is 945 g/mol. The molecule has 0 saturated carbocycles. The van der Waals surface area contributed by atoms with Crippen LogP contribution in [0.2, 0.25) is 10.0 Å². The molecule has 65 heavy (non-hydrogen) atoms. The van der Waals surface area contributed by atoms with Crippen molar-refractivity contribution in [3.63, 3.8) is 0 Å². The van der Waals surface area contributed by atoms with E-state index >= 15 is 0 Å². The van der Waals surface area contributed by atoms with Crippen LogP contribution < -0.4 is 15.1 Å². The van der Waals surface area contributed by atoms with Gasteiger partial charge in [-0.25, -0.2) is 9.59 Å². The SMILES string of the molecule is O=C(CNC(=O)C(F)(F)F)c1ccc(CN(C(=O)N2CCCCC2)c2ccc(Cl)cc2)cc1.O=C(N1CCCCC1)N(Cc1ccc(-c2nnc(C(F)(F)F)o2)cc1)c1ccc(Cl)cc1. The predicted molar refractivity (Wildman–Crippen MR) is 231 cm³/mol. The molecule has 20 heteroatoms. The van der Waals surface area contributed by atoms with E-state index in [-0.39, 0.29) is 36.6 Å². The minimum atomic E-state index is -5.05. The van der Waals surface area contributed by atoms with E-state index in [2.05, 4.69) is 10.2 Å². The Hall–Kier alpha value is -6.14. The van der Waals surface area contributed by atoms with Gasteiger partial charge in [-0.2, -0.15) is 26.3 Å². The molecule has 2 aliphatic heterocycles. The highest BCUT2D eigenvalue weighted by Crippen LogP contribution is 2.31. The van der Waals surface area contributed by atoms with Crippen molar-refractivity contribution < 1.29 is 49.9 Å². The number of amides is 5. The normalized spacial score (nSPS) is 14.2. The number of hydrogen-bond donors (Lipinski definition) is 1. The summed E-state index contributed by atoms with van der Waals surface area (Å²) in [5.74, 6) is -4.43. The summed E-state index contributed by atoms with van der Waals surface area (Å²) >= 11 is 12.0. The lowest BCUT2D eigenvalue weighted by atomic mass is 10.1. The minimum absolute atomic E-state index is 0.0946. The highest BCUT2D eigenvalue weighted by molar-refractivity contribution is 6.31. The Morgan fingerprint density at radius 1 is 0.600 bits per heavy atom. The molecule has 0 spiro atoms. The molecule has 1 N–H and O–H groups in total. The summed E-state index contributed by atoms with van der Waals surface area (Å²) in [5, 5.41) is 9.19. The first-order chi connectivity index (χ1) is 31.0. The van der Waals surface area contributed by atoms with Crippen molar-refractivity contribution in [1.82, 2.24) is 25.3 Å². The maximum atomic E-state index is 13.3. The Bertz CT molecular complexity index is 2390. The van der Waals surface area contributed by atoms with E-state index in [1.807, 2.05) is 4.90 Å². The summed E-state index contributed by atoms with van der Waals surface area (Å²) in [6.45, 7) is 2.54. The zero-order chi connectivity index (χ0) is 46.7. The van der Waals surface area contributed by atoms with E-state index in [4.69, 9.17) is 27.6 Å². The second-order valence-corrected chi connectivity index (χ2v) is 16.1. The van der Waals surface area contributed by atoms with Gasteiger partial charge >= 0.3 is 36.2 Å². The number of alkyl halides is 6. The van der Waals surface area contributed by atoms with Crippen LogP contribution in [0.4, 0.5) is 47.3 Å². The number of carbonyl (C=O) groups is 4. The number of piperidine rings is 2. The lowest BCUT2D eigenvalue weighted by molar-refractivity contribution is -0.173. The summed E-state index contributed by atoms with van der Waals surface area (Å²) in [5.41, 5.74) is 3.42. The van der Waals surface area contributed by atoms with Gasteiger partial charge in [-0.05, 0) is 110 Å². The first-order valence-electron chi connectivity index (χ1n) is 20.6. The Labute approximate surface area is 380 Å². The number of ketones is 1. The summed E-state index contributed by atoms with van der Waals surface area (Å²) in [6, 6.07) is 26.5. The van der Waals surface area contributed by atoms with Gasteiger partial charge in [-0.3, -0.25) is 19.4 Å². The van der Waals surface area contributed by atoms with Gasteiger partial charge in [0.05, 0.1) is 19.6 Å². The highest BCUT2D eigenvalue weighted by atomic mass is 35.5. The molecule has 0 aliphatic carbocycles. The number of likely N-dealkylation sites (tertiary alicyclic amines) is 2. The molecular formula is C45H43Cl2F6N7O5. The highest BCUT2D eigenvalue weighted by Gasteiger charge is 2.39. The number of rotatable bonds is 10. The molecular weight excluding hydrogens is 903 g/mol. The predicted octanol–water partition coefficient (Wildman–Crippen LogP) is 10.8. The zero-order valence-corrected chi connectivity index (χ0v) is 36.2. The molecule has 344 valence electrons. The van der Waals surface area contributed by atoms with Crippen molar-refractivity contribution >= 4 is 58.3 Å². The van der Waals surface area contributed by atoms with Crippen molar-refractivity contribution in [2.45, 2.75) is 64.0 Å². The maximum absolute atomic E-state index is 13.3. The van der Waals surface area contributed by atoms with E-state index in [0.29, 0.717) is 53.2 Å². The molecule has 4 aromatic carbocycles. The van der Waals surface area contributed by atoms with E-state index in [1.54, 1.807) is 105 Å². The molecule has 0 atom stereocenters. The van der Waals surface area contributed by atoms with Gasteiger partial charge < -0.3 is 19.5 Å². The van der Waals surface area contributed by atoms with Gasteiger partial charge in [-0.1, -0.05) is 59.6 Å². The fourth-order valence-electron chi connectivity index (χ4n) is 7.02. The average molecular weight is 947 g/mol. The number of urea groups is 2. The number of anilines is 2. The largest absolute Gasteiger partial charge is 0.471 e. The third-order valence-corrected chi connectivity index (χ3v) is 11.0. The van der Waals surface area contributed by atoms with Crippen molar-refractivity contribution in [2.24, 2.45) is 0 Å². The van der Waals surface area contributed by atoms with Crippen LogP contribution in [0.25, 0.3) is 11.5 Å². The van der Waals surface area contributed by atoms with Gasteiger partial charge in [0, 0.05) is 58.7 Å². The second kappa shape index (κ2) is 21.7. The zero-order valence-electron chi connectivity index (χ0n) is 34.7. The number of nitrogens with one attached hydrogen (secondary N) is 1. The van der Waals surface area contributed by atoms with Crippen LogP contribution in [-0.2, 0) is 24.1 Å². The molecule has 0 unspecified atom stereocenters. The Morgan fingerprint density at radius 3 is 1.43 bits per heavy atom. The van der Waals surface area contributed by atoms with Crippen molar-refractivity contribution in [3.8, 4) is 11.5 Å². The lowest BCUT2D eigenvalue weighted by Gasteiger charge is -2.33. The van der Waals surface area contributed by atoms with Gasteiger partial charge in [-0.15, -0.1) is 10.2 Å². The first-order valence-corrected chi connectivity index (χ1v) is 21.3. The van der Waals surface area contributed by atoms with Crippen molar-refractivity contribution in [2.75, 3.05) is 42.5 Å². The fourth-order valence-corrected chi connectivity index (χ4v) is 7.28. The van der Waals surface area contributed by atoms with Gasteiger partial charge in [0.15, 0.2) is 5.78 Å². The van der Waals surface area contributed by atoms with Gasteiger partial charge in [0.25, 0.3) is 0 Å². The molecule has 2 aliphatic rings. The van der Waals surface area contributed by atoms with Crippen LogP contribution in [0.3, 0.4) is 0 Å². The van der Waals surface area contributed by atoms with Gasteiger partial charge in [0.2, 0.25) is 5.89 Å². The summed E-state index contributed by atoms with van der Waals surface area (Å²) in [7, 11) is 0. The van der Waals surface area contributed by atoms with Crippen LogP contribution in [0.15, 0.2) is 101 Å². The summed E-state index contributed by atoms with van der Waals surface area (Å²) in [4.78, 5) is 56.4. The molecule has 12 nitrogen and oxygen atoms in total. The van der Waals surface area contributed by atoms with Crippen LogP contribution in [-0.4, -0.2) is 82.6 Å². The number of Topliss-reactive ketones (excluding diaryl/α,β-unsaturated/α-hetero) is 1. The Kier molecular flexibility index (Phi) is 16.1. The van der Waals surface area contributed by atoms with E-state index in [1.165, 1.54) is 12.1 Å². The first kappa shape index (κ1) is 48.3. The summed E-state index contributed by atoms with van der Waals surface area (Å²) in [6.07, 6.45) is -3.71. The molecule has 0 radical (unpaired) electrons. The molecule has 2 fully saturated rings. The summed E-state index contributed by atoms with van der Waals surface area (Å²) < 4.78 is 79.6. The average Bonchev–Trinajstić information content (AvgIpc) is 3.82. The van der Waals surface area contributed by atoms with Crippen LogP contribution >= 0.6 is 23.2 Å². The number of halogens is 8. The van der Waals surface area contributed by atoms with Crippen LogP contribution in [0.5, 0.6) is 0 Å². The molecule has 7 rings (SSSR count). The molecule has 3 heterocycles. The number of benzene rings is 4. The molecule has 5 aromatic rings. The molecule has 1 aromatic heterocycles. The third-order valence-electron chi connectivity index (χ3n) is 10.5. The third kappa shape index (κ3) is 13.4. The van der Waals surface area contributed by atoms with E-state index < -0.39 is 36.5 Å². The van der Waals surface area contributed by atoms with Crippen molar-refractivity contribution in [1.29, 1.82) is 0 Å². The lowest BCUT2D eigenvalue weighted by Crippen LogP contribution is -2.45. The Balaban J connectivity index is 0.000000215. The minimum Gasteiger partial charge on any atom is -0.413 e. The molecule has 2 saturated heterocycles. The molecule has 0 bridgehead atoms. The number of carbonyl (C=O) groups excluding carboxylic acids is 4. The quantitative estimate of drug-likeness (QED) is 0.109. The second-order valence-electron chi connectivity index (χ2n) is 15.2. The van der Waals surface area contributed by atoms with Crippen LogP contribution in [0, 0.1) is 0 Å². The standard InChI is InChI=1S/C23H23ClF3N3O3.C22H20ClF3N4O2/c24-18-8-10-19(11-9-18)30(22(33)29-12-2-1-3-13-29)15-16-4-6-17(7-5-16)20(31)14-28-21(32)23(25,26)27;23-17-8-10-18(11-9-17)30(21(31)29-12-2-1-3-13-29)14-15-4-6-16(7-5-15)19-27-28-20(32-19)22(24,25)26/h4-11H,1-3,12-15H2,(H,28,32);4-11H,1-3,12-14H2. The van der Waals surface area contributed by atoms with Gasteiger partial charge in [0.1, 0.15) is 0 Å². The number of hydrogen-bond acceptors (Lipinski definition) is 7. The Morgan fingerprint density at radius 2 is 1.03 bits per heavy atom. The topological polar surface area (TPSA) is 132 Å². The number of aromatic nitrogens is 2. The molecule has 5 amide bonds. The van der Waals surface area contributed by atoms with Crippen LogP contribution in [0.1, 0.15) is 65.9 Å². The van der Waals surface area contributed by atoms with Crippen molar-refractivity contribution in [3.05, 3.63) is 130 Å². The van der Waals surface area contributed by atoms with E-state index in [0.717, 1.165) is 49.7 Å². The smallest absolute Gasteiger partial charge is 0.413 e.